The Morgan fingerprint density at radius 1 is 1.17 bits per heavy atom. The zero-order valence-corrected chi connectivity index (χ0v) is 11.8. The summed E-state index contributed by atoms with van der Waals surface area (Å²) in [7, 11) is 2.98. The SMILES string of the molecule is COC(=O)Cc1cc2cc(Br)ccc2cc1OC. The average molecular weight is 309 g/mol. The lowest BCUT2D eigenvalue weighted by molar-refractivity contribution is -0.139. The fraction of sp³-hybridized carbons (Fsp3) is 0.214. The number of ether oxygens (including phenoxy) is 2. The smallest absolute Gasteiger partial charge is 0.310 e. The van der Waals surface area contributed by atoms with Crippen LogP contribution >= 0.6 is 15.9 Å². The molecule has 0 radical (unpaired) electrons. The van der Waals surface area contributed by atoms with E-state index in [1.807, 2.05) is 30.3 Å². The molecule has 0 atom stereocenters. The highest BCUT2D eigenvalue weighted by molar-refractivity contribution is 9.10. The third-order valence-electron chi connectivity index (χ3n) is 2.76. The number of rotatable bonds is 3. The summed E-state index contributed by atoms with van der Waals surface area (Å²) in [5.41, 5.74) is 0.829. The van der Waals surface area contributed by atoms with Crippen LogP contribution in [0.15, 0.2) is 34.8 Å². The third kappa shape index (κ3) is 2.64. The van der Waals surface area contributed by atoms with Crippen LogP contribution in [0.4, 0.5) is 0 Å². The van der Waals surface area contributed by atoms with Gasteiger partial charge < -0.3 is 9.47 Å². The zero-order valence-electron chi connectivity index (χ0n) is 10.2. The van der Waals surface area contributed by atoms with E-state index in [9.17, 15) is 4.79 Å². The van der Waals surface area contributed by atoms with E-state index in [2.05, 4.69) is 20.7 Å². The van der Waals surface area contributed by atoms with Crippen LogP contribution < -0.4 is 4.74 Å². The zero-order chi connectivity index (χ0) is 13.1. The van der Waals surface area contributed by atoms with Crippen molar-refractivity contribution < 1.29 is 14.3 Å². The van der Waals surface area contributed by atoms with Crippen LogP contribution in [0.2, 0.25) is 0 Å². The molecule has 0 aliphatic heterocycles. The molecule has 0 aliphatic rings. The largest absolute Gasteiger partial charge is 0.496 e. The number of halogens is 1. The quantitative estimate of drug-likeness (QED) is 0.816. The molecule has 0 saturated carbocycles. The van der Waals surface area contributed by atoms with E-state index >= 15 is 0 Å². The number of hydrogen-bond acceptors (Lipinski definition) is 3. The minimum Gasteiger partial charge on any atom is -0.496 e. The Bertz CT molecular complexity index is 593. The van der Waals surface area contributed by atoms with Crippen LogP contribution in [0.3, 0.4) is 0 Å². The number of carbonyl (C=O) groups is 1. The summed E-state index contributed by atoms with van der Waals surface area (Å²) in [6, 6.07) is 9.87. The van der Waals surface area contributed by atoms with E-state index in [-0.39, 0.29) is 12.4 Å². The molecule has 0 saturated heterocycles. The van der Waals surface area contributed by atoms with Crippen LogP contribution in [0, 0.1) is 0 Å². The first kappa shape index (κ1) is 12.9. The molecule has 18 heavy (non-hydrogen) atoms. The number of carbonyl (C=O) groups excluding carboxylic acids is 1. The predicted octanol–water partition coefficient (Wildman–Crippen LogP) is 3.33. The van der Waals surface area contributed by atoms with E-state index in [1.165, 1.54) is 7.11 Å². The lowest BCUT2D eigenvalue weighted by Gasteiger charge is -2.10. The number of benzene rings is 2. The number of esters is 1. The molecular formula is C14H13BrO3. The Kier molecular flexibility index (Phi) is 3.87. The van der Waals surface area contributed by atoms with E-state index in [4.69, 9.17) is 4.74 Å². The summed E-state index contributed by atoms with van der Waals surface area (Å²) in [5.74, 6) is 0.429. The topological polar surface area (TPSA) is 35.5 Å². The Morgan fingerprint density at radius 2 is 1.94 bits per heavy atom. The molecule has 0 amide bonds. The first-order valence-electron chi connectivity index (χ1n) is 5.47. The highest BCUT2D eigenvalue weighted by atomic mass is 79.9. The molecule has 0 N–H and O–H groups in total. The summed E-state index contributed by atoms with van der Waals surface area (Å²) in [6.07, 6.45) is 0.210. The minimum atomic E-state index is -0.275. The van der Waals surface area contributed by atoms with Crippen LogP contribution in [-0.4, -0.2) is 20.2 Å². The standard InChI is InChI=1S/C14H13BrO3/c1-17-13-7-9-3-4-12(15)6-10(9)5-11(13)8-14(16)18-2/h3-7H,8H2,1-2H3. The Hall–Kier alpha value is -1.55. The summed E-state index contributed by atoms with van der Waals surface area (Å²) in [6.45, 7) is 0. The van der Waals surface area contributed by atoms with Crippen molar-refractivity contribution in [3.8, 4) is 5.75 Å². The van der Waals surface area contributed by atoms with Gasteiger partial charge in [-0.2, -0.15) is 0 Å². The van der Waals surface area contributed by atoms with Crippen molar-refractivity contribution in [3.63, 3.8) is 0 Å². The van der Waals surface area contributed by atoms with Crippen molar-refractivity contribution in [1.29, 1.82) is 0 Å². The lowest BCUT2D eigenvalue weighted by Crippen LogP contribution is -2.05. The van der Waals surface area contributed by atoms with Gasteiger partial charge in [0.1, 0.15) is 5.75 Å². The van der Waals surface area contributed by atoms with Gasteiger partial charge in [-0.05, 0) is 35.0 Å². The summed E-state index contributed by atoms with van der Waals surface area (Å²) in [5, 5.41) is 2.13. The van der Waals surface area contributed by atoms with Crippen LogP contribution in [0.5, 0.6) is 5.75 Å². The van der Waals surface area contributed by atoms with Crippen molar-refractivity contribution in [3.05, 3.63) is 40.4 Å². The predicted molar refractivity (Wildman–Crippen MR) is 73.9 cm³/mol. The fourth-order valence-corrected chi connectivity index (χ4v) is 2.23. The second-order valence-electron chi connectivity index (χ2n) is 3.91. The first-order chi connectivity index (χ1) is 8.63. The lowest BCUT2D eigenvalue weighted by atomic mass is 10.0. The number of hydrogen-bond donors (Lipinski definition) is 0. The van der Waals surface area contributed by atoms with Gasteiger partial charge in [-0.15, -0.1) is 0 Å². The van der Waals surface area contributed by atoms with Crippen LogP contribution in [-0.2, 0) is 16.0 Å². The van der Waals surface area contributed by atoms with Gasteiger partial charge >= 0.3 is 5.97 Å². The molecule has 0 fully saturated rings. The van der Waals surface area contributed by atoms with Gasteiger partial charge in [0.25, 0.3) is 0 Å². The van der Waals surface area contributed by atoms with Gasteiger partial charge in [-0.25, -0.2) is 0 Å². The number of methoxy groups -OCH3 is 2. The molecule has 0 aliphatic carbocycles. The highest BCUT2D eigenvalue weighted by Crippen LogP contribution is 2.28. The Labute approximate surface area is 114 Å². The average Bonchev–Trinajstić information content (AvgIpc) is 2.37. The van der Waals surface area contributed by atoms with Gasteiger partial charge in [0, 0.05) is 10.0 Å². The minimum absolute atomic E-state index is 0.210. The molecule has 3 nitrogen and oxygen atoms in total. The molecule has 0 unspecified atom stereocenters. The summed E-state index contributed by atoms with van der Waals surface area (Å²) >= 11 is 3.43. The Morgan fingerprint density at radius 3 is 2.61 bits per heavy atom. The van der Waals surface area contributed by atoms with Crippen molar-refractivity contribution in [2.24, 2.45) is 0 Å². The molecule has 0 spiro atoms. The first-order valence-corrected chi connectivity index (χ1v) is 6.26. The van der Waals surface area contributed by atoms with Crippen molar-refractivity contribution >= 4 is 32.7 Å². The van der Waals surface area contributed by atoms with E-state index in [1.54, 1.807) is 7.11 Å². The second-order valence-corrected chi connectivity index (χ2v) is 4.82. The molecule has 2 aromatic carbocycles. The maximum atomic E-state index is 11.4. The highest BCUT2D eigenvalue weighted by Gasteiger charge is 2.10. The number of fused-ring (bicyclic) bond motifs is 1. The van der Waals surface area contributed by atoms with Crippen LogP contribution in [0.1, 0.15) is 5.56 Å². The molecule has 4 heteroatoms. The second kappa shape index (κ2) is 5.40. The maximum Gasteiger partial charge on any atom is 0.310 e. The summed E-state index contributed by atoms with van der Waals surface area (Å²) < 4.78 is 11.0. The normalized spacial score (nSPS) is 10.4. The molecular weight excluding hydrogens is 296 g/mol. The van der Waals surface area contributed by atoms with E-state index in [0.717, 1.165) is 20.8 Å². The molecule has 0 bridgehead atoms. The van der Waals surface area contributed by atoms with Gasteiger partial charge in [-0.1, -0.05) is 22.0 Å². The van der Waals surface area contributed by atoms with E-state index < -0.39 is 0 Å². The molecule has 94 valence electrons. The van der Waals surface area contributed by atoms with Gasteiger partial charge in [-0.3, -0.25) is 4.79 Å². The molecule has 0 aromatic heterocycles. The van der Waals surface area contributed by atoms with Crippen molar-refractivity contribution in [2.45, 2.75) is 6.42 Å². The fourth-order valence-electron chi connectivity index (χ4n) is 1.85. The van der Waals surface area contributed by atoms with Gasteiger partial charge in [0.05, 0.1) is 20.6 Å². The van der Waals surface area contributed by atoms with Crippen LogP contribution in [0.25, 0.3) is 10.8 Å². The van der Waals surface area contributed by atoms with E-state index in [0.29, 0.717) is 5.75 Å². The van der Waals surface area contributed by atoms with Crippen molar-refractivity contribution in [1.82, 2.24) is 0 Å². The molecule has 2 aromatic rings. The van der Waals surface area contributed by atoms with Crippen molar-refractivity contribution in [2.75, 3.05) is 14.2 Å². The Balaban J connectivity index is 2.52. The van der Waals surface area contributed by atoms with Gasteiger partial charge in [0.15, 0.2) is 0 Å². The molecule has 2 rings (SSSR count). The maximum absolute atomic E-state index is 11.4. The monoisotopic (exact) mass is 308 g/mol. The summed E-state index contributed by atoms with van der Waals surface area (Å²) in [4.78, 5) is 11.4. The van der Waals surface area contributed by atoms with Gasteiger partial charge in [0.2, 0.25) is 0 Å². The third-order valence-corrected chi connectivity index (χ3v) is 3.26. The molecule has 0 heterocycles.